The van der Waals surface area contributed by atoms with Crippen LogP contribution in [-0.4, -0.2) is 33.4 Å². The minimum Gasteiger partial charge on any atom is -0.270 e. The van der Waals surface area contributed by atoms with Crippen LogP contribution >= 0.6 is 0 Å². The molecule has 5 aliphatic rings. The summed E-state index contributed by atoms with van der Waals surface area (Å²) in [6.45, 7) is 5.73. The number of carbonyl (C=O) groups is 2. The number of hydrogen-bond acceptors (Lipinski definition) is 2. The molecule has 25 heavy (non-hydrogen) atoms. The van der Waals surface area contributed by atoms with E-state index in [9.17, 15) is 9.59 Å². The molecule has 6 rings (SSSR count). The molecule has 4 saturated carbocycles. The van der Waals surface area contributed by atoms with Gasteiger partial charge in [0.15, 0.2) is 0 Å². The van der Waals surface area contributed by atoms with Crippen molar-refractivity contribution in [2.45, 2.75) is 51.6 Å². The SMILES string of the molecule is Cc1ccccc1C(=O)N1N(C2C3CC4CC5CC2C453)C(=O)C1(C)C. The van der Waals surface area contributed by atoms with Crippen molar-refractivity contribution in [3.05, 3.63) is 35.4 Å². The molecule has 0 bridgehead atoms. The largest absolute Gasteiger partial charge is 0.273 e. The zero-order valence-corrected chi connectivity index (χ0v) is 15.0. The summed E-state index contributed by atoms with van der Waals surface area (Å²) in [5, 5.41) is 3.63. The highest BCUT2D eigenvalue weighted by molar-refractivity contribution is 6.05. The fourth-order valence-electron chi connectivity index (χ4n) is 7.32. The number of nitrogens with zero attached hydrogens (tertiary/aromatic N) is 2. The van der Waals surface area contributed by atoms with Crippen LogP contribution in [0, 0.1) is 36.0 Å². The second-order valence-electron chi connectivity index (χ2n) is 9.45. The van der Waals surface area contributed by atoms with Crippen molar-refractivity contribution in [2.75, 3.05) is 0 Å². The van der Waals surface area contributed by atoms with Gasteiger partial charge in [-0.1, -0.05) is 18.2 Å². The molecule has 1 aromatic carbocycles. The van der Waals surface area contributed by atoms with E-state index in [0.717, 1.165) is 17.4 Å². The quantitative estimate of drug-likeness (QED) is 0.833. The molecule has 1 spiro atoms. The summed E-state index contributed by atoms with van der Waals surface area (Å²) >= 11 is 0. The third kappa shape index (κ3) is 1.24. The van der Waals surface area contributed by atoms with Crippen LogP contribution in [0.4, 0.5) is 0 Å². The summed E-state index contributed by atoms with van der Waals surface area (Å²) in [5.41, 5.74) is 1.55. The highest BCUT2D eigenvalue weighted by Gasteiger charge is 2.87. The molecule has 4 atom stereocenters. The average Bonchev–Trinajstić information content (AvgIpc) is 2.50. The average molecular weight is 336 g/mol. The van der Waals surface area contributed by atoms with Gasteiger partial charge in [0.1, 0.15) is 5.54 Å². The van der Waals surface area contributed by atoms with Crippen molar-refractivity contribution in [1.82, 2.24) is 10.0 Å². The van der Waals surface area contributed by atoms with Crippen molar-refractivity contribution in [3.63, 3.8) is 0 Å². The Labute approximate surface area is 148 Å². The number of rotatable bonds is 2. The topological polar surface area (TPSA) is 40.6 Å². The van der Waals surface area contributed by atoms with E-state index in [-0.39, 0.29) is 17.9 Å². The molecular formula is C21H24N2O2. The first-order chi connectivity index (χ1) is 11.9. The molecule has 4 heteroatoms. The van der Waals surface area contributed by atoms with Gasteiger partial charge in [-0.15, -0.1) is 0 Å². The molecule has 0 N–H and O–H groups in total. The maximum absolute atomic E-state index is 13.3. The summed E-state index contributed by atoms with van der Waals surface area (Å²) in [6, 6.07) is 7.97. The number of carbonyl (C=O) groups excluding carboxylic acids is 2. The van der Waals surface area contributed by atoms with Crippen molar-refractivity contribution in [3.8, 4) is 0 Å². The molecule has 4 nitrogen and oxygen atoms in total. The minimum absolute atomic E-state index is 0.0241. The predicted octanol–water partition coefficient (Wildman–Crippen LogP) is 3.02. The van der Waals surface area contributed by atoms with E-state index in [1.165, 1.54) is 19.3 Å². The molecule has 5 fully saturated rings. The maximum atomic E-state index is 13.3. The first-order valence-corrected chi connectivity index (χ1v) is 9.64. The Kier molecular flexibility index (Phi) is 2.26. The van der Waals surface area contributed by atoms with Crippen LogP contribution in [0.1, 0.15) is 49.0 Å². The molecule has 0 aromatic heterocycles. The molecule has 4 aliphatic carbocycles. The number of amides is 2. The Hall–Kier alpha value is -1.84. The van der Waals surface area contributed by atoms with Gasteiger partial charge in [-0.25, -0.2) is 10.0 Å². The first kappa shape index (κ1) is 14.3. The monoisotopic (exact) mass is 336 g/mol. The van der Waals surface area contributed by atoms with E-state index in [4.69, 9.17) is 0 Å². The van der Waals surface area contributed by atoms with Gasteiger partial charge in [-0.3, -0.25) is 9.59 Å². The van der Waals surface area contributed by atoms with Gasteiger partial charge in [-0.2, -0.15) is 0 Å². The number of benzene rings is 1. The number of hydrazine groups is 1. The zero-order chi connectivity index (χ0) is 17.3. The lowest BCUT2D eigenvalue weighted by molar-refractivity contribution is -0.421. The van der Waals surface area contributed by atoms with Gasteiger partial charge in [-0.05, 0) is 80.8 Å². The number of hydrogen-bond donors (Lipinski definition) is 0. The van der Waals surface area contributed by atoms with Crippen LogP contribution in [0.5, 0.6) is 0 Å². The van der Waals surface area contributed by atoms with Crippen LogP contribution in [0.15, 0.2) is 24.3 Å². The lowest BCUT2D eigenvalue weighted by Gasteiger charge is -2.90. The Bertz CT molecular complexity index is 822. The van der Waals surface area contributed by atoms with E-state index < -0.39 is 5.54 Å². The lowest BCUT2D eigenvalue weighted by atomic mass is 9.17. The second kappa shape index (κ2) is 3.94. The van der Waals surface area contributed by atoms with Crippen LogP contribution in [-0.2, 0) is 4.79 Å². The Morgan fingerprint density at radius 1 is 1.08 bits per heavy atom. The molecule has 1 saturated heterocycles. The van der Waals surface area contributed by atoms with Crippen LogP contribution in [0.3, 0.4) is 0 Å². The van der Waals surface area contributed by atoms with Gasteiger partial charge in [0.25, 0.3) is 11.8 Å². The number of aryl methyl sites for hydroxylation is 1. The Morgan fingerprint density at radius 3 is 2.32 bits per heavy atom. The molecule has 1 heterocycles. The lowest BCUT2D eigenvalue weighted by Crippen LogP contribution is -2.92. The van der Waals surface area contributed by atoms with E-state index in [0.29, 0.717) is 22.8 Å². The highest BCUT2D eigenvalue weighted by atomic mass is 16.2. The van der Waals surface area contributed by atoms with Crippen LogP contribution < -0.4 is 0 Å². The third-order valence-corrected chi connectivity index (χ3v) is 8.50. The summed E-state index contributed by atoms with van der Waals surface area (Å²) < 4.78 is 0. The molecule has 1 aliphatic heterocycles. The van der Waals surface area contributed by atoms with E-state index in [1.807, 2.05) is 50.0 Å². The fourth-order valence-corrected chi connectivity index (χ4v) is 7.32. The van der Waals surface area contributed by atoms with Crippen molar-refractivity contribution < 1.29 is 9.59 Å². The summed E-state index contributed by atoms with van der Waals surface area (Å²) in [7, 11) is 0. The predicted molar refractivity (Wildman–Crippen MR) is 92.3 cm³/mol. The Balaban J connectivity index is 1.34. The second-order valence-corrected chi connectivity index (χ2v) is 9.45. The molecule has 130 valence electrons. The maximum Gasteiger partial charge on any atom is 0.273 e. The zero-order valence-electron chi connectivity index (χ0n) is 15.0. The van der Waals surface area contributed by atoms with Crippen molar-refractivity contribution >= 4 is 11.8 Å². The van der Waals surface area contributed by atoms with Crippen LogP contribution in [0.2, 0.25) is 0 Å². The molecule has 2 amide bonds. The summed E-state index contributed by atoms with van der Waals surface area (Å²) in [5.74, 6) is 3.28. The fraction of sp³-hybridized carbons (Fsp3) is 0.619. The molecular weight excluding hydrogens is 312 g/mol. The van der Waals surface area contributed by atoms with Crippen molar-refractivity contribution in [2.24, 2.45) is 29.1 Å². The normalized spacial score (nSPS) is 44.3. The standard InChI is InChI=1S/C21H24N2O2/c1-11-6-4-5-7-14(11)18(24)23-20(2,3)19(25)22(23)17-15-9-12-8-13-10-16(17)21(12,13)15/h4-7,12-13,15-17H,8-10H2,1-3H3. The Morgan fingerprint density at radius 2 is 1.72 bits per heavy atom. The van der Waals surface area contributed by atoms with E-state index >= 15 is 0 Å². The molecule has 1 aromatic rings. The van der Waals surface area contributed by atoms with Gasteiger partial charge < -0.3 is 0 Å². The van der Waals surface area contributed by atoms with Gasteiger partial charge in [0.2, 0.25) is 0 Å². The highest BCUT2D eigenvalue weighted by Crippen LogP contribution is 2.88. The summed E-state index contributed by atoms with van der Waals surface area (Å²) in [6.07, 6.45) is 3.97. The van der Waals surface area contributed by atoms with Gasteiger partial charge in [0.05, 0.1) is 6.04 Å². The minimum atomic E-state index is -0.728. The smallest absolute Gasteiger partial charge is 0.270 e. The molecule has 4 unspecified atom stereocenters. The van der Waals surface area contributed by atoms with Gasteiger partial charge >= 0.3 is 0 Å². The van der Waals surface area contributed by atoms with E-state index in [1.54, 1.807) is 5.01 Å². The molecule has 0 radical (unpaired) electrons. The van der Waals surface area contributed by atoms with Gasteiger partial charge in [0, 0.05) is 5.56 Å². The van der Waals surface area contributed by atoms with Crippen LogP contribution in [0.25, 0.3) is 0 Å². The van der Waals surface area contributed by atoms with Crippen molar-refractivity contribution in [1.29, 1.82) is 0 Å². The van der Waals surface area contributed by atoms with E-state index in [2.05, 4.69) is 0 Å². The first-order valence-electron chi connectivity index (χ1n) is 9.64. The summed E-state index contributed by atoms with van der Waals surface area (Å²) in [4.78, 5) is 26.2. The third-order valence-electron chi connectivity index (χ3n) is 8.50.